The number of aryl methyl sites for hydroxylation is 2. The van der Waals surface area contributed by atoms with Gasteiger partial charge in [-0.1, -0.05) is 18.5 Å². The molecule has 0 unspecified atom stereocenters. The third-order valence-electron chi connectivity index (χ3n) is 3.62. The van der Waals surface area contributed by atoms with E-state index >= 15 is 0 Å². The standard InChI is InChI=1S/C15H23ClN6/c1-6-12-14(16)19-10(2)20-15(12)17-8-13(21(3)4)11-7-18-22(5)9-11/h7,9,13H,6,8H2,1-5H3,(H,17,19,20)/t13-/m1/s1. The number of aromatic nitrogens is 4. The molecule has 0 fully saturated rings. The molecule has 7 heteroatoms. The van der Waals surface area contributed by atoms with Gasteiger partial charge in [0.25, 0.3) is 0 Å². The summed E-state index contributed by atoms with van der Waals surface area (Å²) in [6.45, 7) is 4.62. The highest BCUT2D eigenvalue weighted by atomic mass is 35.5. The summed E-state index contributed by atoms with van der Waals surface area (Å²) in [4.78, 5) is 10.9. The van der Waals surface area contributed by atoms with Crippen molar-refractivity contribution in [2.75, 3.05) is 26.0 Å². The second-order valence-electron chi connectivity index (χ2n) is 5.55. The van der Waals surface area contributed by atoms with Gasteiger partial charge in [0.1, 0.15) is 16.8 Å². The quantitative estimate of drug-likeness (QED) is 0.828. The van der Waals surface area contributed by atoms with Gasteiger partial charge in [0.15, 0.2) is 0 Å². The summed E-state index contributed by atoms with van der Waals surface area (Å²) in [5.74, 6) is 1.49. The second-order valence-corrected chi connectivity index (χ2v) is 5.91. The van der Waals surface area contributed by atoms with E-state index < -0.39 is 0 Å². The van der Waals surface area contributed by atoms with Crippen molar-refractivity contribution in [3.05, 3.63) is 34.5 Å². The lowest BCUT2D eigenvalue weighted by Crippen LogP contribution is -2.27. The van der Waals surface area contributed by atoms with Crippen molar-refractivity contribution >= 4 is 17.4 Å². The zero-order valence-corrected chi connectivity index (χ0v) is 14.5. The number of rotatable bonds is 6. The first-order chi connectivity index (χ1) is 10.4. The number of nitrogens with one attached hydrogen (secondary N) is 1. The van der Waals surface area contributed by atoms with Gasteiger partial charge < -0.3 is 10.2 Å². The van der Waals surface area contributed by atoms with E-state index in [0.29, 0.717) is 11.0 Å². The molecule has 0 saturated heterocycles. The van der Waals surface area contributed by atoms with Crippen LogP contribution in [0.15, 0.2) is 12.4 Å². The predicted molar refractivity (Wildman–Crippen MR) is 89.3 cm³/mol. The van der Waals surface area contributed by atoms with Gasteiger partial charge in [0, 0.05) is 30.9 Å². The van der Waals surface area contributed by atoms with Crippen molar-refractivity contribution in [3.63, 3.8) is 0 Å². The summed E-state index contributed by atoms with van der Waals surface area (Å²) in [6.07, 6.45) is 4.72. The Balaban J connectivity index is 2.20. The summed E-state index contributed by atoms with van der Waals surface area (Å²) < 4.78 is 1.81. The third kappa shape index (κ3) is 3.75. The van der Waals surface area contributed by atoms with Crippen LogP contribution in [0.5, 0.6) is 0 Å². The molecule has 2 aromatic heterocycles. The Labute approximate surface area is 136 Å². The van der Waals surface area contributed by atoms with E-state index in [2.05, 4.69) is 46.3 Å². The summed E-state index contributed by atoms with van der Waals surface area (Å²) in [6, 6.07) is 0.201. The van der Waals surface area contributed by atoms with E-state index in [1.165, 1.54) is 0 Å². The maximum absolute atomic E-state index is 6.22. The number of nitrogens with zero attached hydrogens (tertiary/aromatic N) is 5. The van der Waals surface area contributed by atoms with E-state index in [4.69, 9.17) is 11.6 Å². The third-order valence-corrected chi connectivity index (χ3v) is 3.93. The van der Waals surface area contributed by atoms with Gasteiger partial charge in [-0.15, -0.1) is 0 Å². The molecular formula is C15H23ClN6. The van der Waals surface area contributed by atoms with E-state index in [1.807, 2.05) is 31.0 Å². The van der Waals surface area contributed by atoms with Crippen molar-refractivity contribution in [2.24, 2.45) is 7.05 Å². The summed E-state index contributed by atoms with van der Waals surface area (Å²) in [5, 5.41) is 8.20. The van der Waals surface area contributed by atoms with Crippen LogP contribution in [0.25, 0.3) is 0 Å². The highest BCUT2D eigenvalue weighted by Gasteiger charge is 2.17. The van der Waals surface area contributed by atoms with Gasteiger partial charge in [-0.25, -0.2) is 9.97 Å². The van der Waals surface area contributed by atoms with Gasteiger partial charge in [-0.05, 0) is 27.4 Å². The lowest BCUT2D eigenvalue weighted by Gasteiger charge is -2.24. The summed E-state index contributed by atoms with van der Waals surface area (Å²) in [7, 11) is 6.03. The molecule has 0 aliphatic heterocycles. The van der Waals surface area contributed by atoms with Crippen LogP contribution in [-0.4, -0.2) is 45.3 Å². The fourth-order valence-electron chi connectivity index (χ4n) is 2.43. The molecule has 2 heterocycles. The van der Waals surface area contributed by atoms with Crippen LogP contribution in [-0.2, 0) is 13.5 Å². The Kier molecular flexibility index (Phi) is 5.37. The van der Waals surface area contributed by atoms with Gasteiger partial charge in [-0.3, -0.25) is 4.68 Å². The molecule has 0 aliphatic rings. The summed E-state index contributed by atoms with van der Waals surface area (Å²) in [5.41, 5.74) is 2.12. The molecule has 0 spiro atoms. The number of halogens is 1. The zero-order valence-electron chi connectivity index (χ0n) is 13.8. The molecule has 0 bridgehead atoms. The largest absolute Gasteiger partial charge is 0.368 e. The molecule has 0 radical (unpaired) electrons. The molecule has 2 rings (SSSR count). The zero-order chi connectivity index (χ0) is 16.3. The van der Waals surface area contributed by atoms with Crippen LogP contribution < -0.4 is 5.32 Å². The first-order valence-corrected chi connectivity index (χ1v) is 7.72. The van der Waals surface area contributed by atoms with E-state index in [-0.39, 0.29) is 6.04 Å². The SMILES string of the molecule is CCc1c(Cl)nc(C)nc1NC[C@H](c1cnn(C)c1)N(C)C. The van der Waals surface area contributed by atoms with Crippen molar-refractivity contribution < 1.29 is 0 Å². The van der Waals surface area contributed by atoms with Crippen LogP contribution in [0.1, 0.15) is 29.9 Å². The molecule has 2 aromatic rings. The number of hydrogen-bond donors (Lipinski definition) is 1. The Morgan fingerprint density at radius 1 is 1.36 bits per heavy atom. The van der Waals surface area contributed by atoms with Crippen molar-refractivity contribution in [1.29, 1.82) is 0 Å². The van der Waals surface area contributed by atoms with Crippen LogP contribution in [0.3, 0.4) is 0 Å². The van der Waals surface area contributed by atoms with E-state index in [1.54, 1.807) is 0 Å². The molecule has 120 valence electrons. The number of hydrogen-bond acceptors (Lipinski definition) is 5. The van der Waals surface area contributed by atoms with Gasteiger partial charge in [0.2, 0.25) is 0 Å². The maximum atomic E-state index is 6.22. The molecular weight excluding hydrogens is 300 g/mol. The lowest BCUT2D eigenvalue weighted by atomic mass is 10.1. The molecule has 1 atom stereocenters. The van der Waals surface area contributed by atoms with Gasteiger partial charge in [0.05, 0.1) is 12.2 Å². The fourth-order valence-corrected chi connectivity index (χ4v) is 2.77. The van der Waals surface area contributed by atoms with Gasteiger partial charge >= 0.3 is 0 Å². The normalized spacial score (nSPS) is 12.7. The Morgan fingerprint density at radius 2 is 2.09 bits per heavy atom. The van der Waals surface area contributed by atoms with Crippen LogP contribution >= 0.6 is 11.6 Å². The predicted octanol–water partition coefficient (Wildman–Crippen LogP) is 2.45. The highest BCUT2D eigenvalue weighted by Crippen LogP contribution is 2.24. The average Bonchev–Trinajstić information content (AvgIpc) is 2.84. The minimum atomic E-state index is 0.201. The van der Waals surface area contributed by atoms with E-state index in [0.717, 1.165) is 29.9 Å². The number of anilines is 1. The van der Waals surface area contributed by atoms with Crippen molar-refractivity contribution in [2.45, 2.75) is 26.3 Å². The Morgan fingerprint density at radius 3 is 2.64 bits per heavy atom. The minimum Gasteiger partial charge on any atom is -0.368 e. The molecule has 1 N–H and O–H groups in total. The fraction of sp³-hybridized carbons (Fsp3) is 0.533. The maximum Gasteiger partial charge on any atom is 0.138 e. The molecule has 0 aromatic carbocycles. The second kappa shape index (κ2) is 7.07. The number of likely N-dealkylation sites (N-methyl/N-ethyl adjacent to an activating group) is 1. The smallest absolute Gasteiger partial charge is 0.138 e. The minimum absolute atomic E-state index is 0.201. The topological polar surface area (TPSA) is 58.9 Å². The first-order valence-electron chi connectivity index (χ1n) is 7.34. The molecule has 0 aliphatic carbocycles. The first kappa shape index (κ1) is 16.7. The van der Waals surface area contributed by atoms with Crippen molar-refractivity contribution in [3.8, 4) is 0 Å². The van der Waals surface area contributed by atoms with E-state index in [9.17, 15) is 0 Å². The average molecular weight is 323 g/mol. The van der Waals surface area contributed by atoms with Crippen LogP contribution in [0.4, 0.5) is 5.82 Å². The van der Waals surface area contributed by atoms with Crippen LogP contribution in [0, 0.1) is 6.92 Å². The lowest BCUT2D eigenvalue weighted by molar-refractivity contribution is 0.311. The Hall–Kier alpha value is -1.66. The van der Waals surface area contributed by atoms with Gasteiger partial charge in [-0.2, -0.15) is 5.10 Å². The highest BCUT2D eigenvalue weighted by molar-refractivity contribution is 6.30. The van der Waals surface area contributed by atoms with Crippen LogP contribution in [0.2, 0.25) is 5.15 Å². The molecule has 22 heavy (non-hydrogen) atoms. The molecule has 6 nitrogen and oxygen atoms in total. The van der Waals surface area contributed by atoms with Crippen molar-refractivity contribution in [1.82, 2.24) is 24.6 Å². The molecule has 0 saturated carbocycles. The molecule has 0 amide bonds. The summed E-state index contributed by atoms with van der Waals surface area (Å²) >= 11 is 6.22. The monoisotopic (exact) mass is 322 g/mol. The Bertz CT molecular complexity index is 637.